The summed E-state index contributed by atoms with van der Waals surface area (Å²) in [7, 11) is 0. The maximum atomic E-state index is 12.1. The predicted molar refractivity (Wildman–Crippen MR) is 96.4 cm³/mol. The van der Waals surface area contributed by atoms with Crippen LogP contribution in [0.25, 0.3) is 0 Å². The molecule has 26 heavy (non-hydrogen) atoms. The number of benzene rings is 1. The highest BCUT2D eigenvalue weighted by molar-refractivity contribution is 5.67. The first-order valence-corrected chi connectivity index (χ1v) is 9.69. The molecule has 4 aliphatic carbocycles. The number of rotatable bonds is 6. The predicted octanol–water partition coefficient (Wildman–Crippen LogP) is 3.83. The summed E-state index contributed by atoms with van der Waals surface area (Å²) >= 11 is 0. The van der Waals surface area contributed by atoms with Crippen molar-refractivity contribution in [2.45, 2.75) is 45.1 Å². The van der Waals surface area contributed by atoms with Crippen molar-refractivity contribution >= 4 is 12.1 Å². The van der Waals surface area contributed by atoms with Crippen LogP contribution in [0.2, 0.25) is 0 Å². The number of nitrogens with one attached hydrogen (secondary N) is 1. The van der Waals surface area contributed by atoms with Crippen LogP contribution in [0.15, 0.2) is 30.3 Å². The number of carbonyl (C=O) groups is 2. The van der Waals surface area contributed by atoms with Gasteiger partial charge in [-0.2, -0.15) is 0 Å². The van der Waals surface area contributed by atoms with E-state index < -0.39 is 5.97 Å². The van der Waals surface area contributed by atoms with Crippen molar-refractivity contribution < 1.29 is 19.4 Å². The van der Waals surface area contributed by atoms with E-state index in [0.29, 0.717) is 36.6 Å². The highest BCUT2D eigenvalue weighted by atomic mass is 16.5. The largest absolute Gasteiger partial charge is 0.481 e. The van der Waals surface area contributed by atoms with Crippen LogP contribution in [0, 0.1) is 29.1 Å². The summed E-state index contributed by atoms with van der Waals surface area (Å²) < 4.78 is 5.34. The zero-order chi connectivity index (χ0) is 18.1. The van der Waals surface area contributed by atoms with E-state index in [-0.39, 0.29) is 18.1 Å². The number of hydrogen-bond acceptors (Lipinski definition) is 3. The molecule has 0 spiro atoms. The van der Waals surface area contributed by atoms with Crippen LogP contribution in [-0.2, 0) is 16.1 Å². The fraction of sp³-hybridized carbons (Fsp3) is 0.619. The smallest absolute Gasteiger partial charge is 0.407 e. The van der Waals surface area contributed by atoms with Crippen molar-refractivity contribution in [3.8, 4) is 0 Å². The highest BCUT2D eigenvalue weighted by Gasteiger charge is 2.55. The Labute approximate surface area is 154 Å². The quantitative estimate of drug-likeness (QED) is 0.811. The van der Waals surface area contributed by atoms with Gasteiger partial charge in [0.15, 0.2) is 0 Å². The molecule has 5 nitrogen and oxygen atoms in total. The van der Waals surface area contributed by atoms with Gasteiger partial charge in [0.2, 0.25) is 0 Å². The summed E-state index contributed by atoms with van der Waals surface area (Å²) in [6.45, 7) is 0.943. The van der Waals surface area contributed by atoms with Crippen molar-refractivity contribution in [2.75, 3.05) is 6.54 Å². The molecule has 5 heteroatoms. The second-order valence-corrected chi connectivity index (χ2v) is 8.65. The molecule has 5 rings (SSSR count). The molecule has 4 bridgehead atoms. The maximum Gasteiger partial charge on any atom is 0.407 e. The molecule has 140 valence electrons. The molecule has 0 saturated heterocycles. The van der Waals surface area contributed by atoms with Crippen LogP contribution in [0.3, 0.4) is 0 Å². The van der Waals surface area contributed by atoms with Crippen molar-refractivity contribution in [1.82, 2.24) is 5.32 Å². The number of carboxylic acid groups (broad SMARTS) is 1. The lowest BCUT2D eigenvalue weighted by Crippen LogP contribution is -2.55. The molecule has 2 unspecified atom stereocenters. The molecule has 1 amide bonds. The maximum absolute atomic E-state index is 12.1. The molecule has 4 aliphatic rings. The van der Waals surface area contributed by atoms with E-state index in [2.05, 4.69) is 5.32 Å². The summed E-state index contributed by atoms with van der Waals surface area (Å²) in [4.78, 5) is 23.3. The number of alkyl carbamates (subject to hydrolysis) is 1. The van der Waals surface area contributed by atoms with Crippen LogP contribution in [0.4, 0.5) is 4.79 Å². The second-order valence-electron chi connectivity index (χ2n) is 8.65. The van der Waals surface area contributed by atoms with E-state index >= 15 is 0 Å². The number of carbonyl (C=O) groups excluding carboxylic acids is 1. The zero-order valence-electron chi connectivity index (χ0n) is 15.0. The normalized spacial score (nSPS) is 34.5. The van der Waals surface area contributed by atoms with E-state index in [1.54, 1.807) is 0 Å². The Balaban J connectivity index is 1.31. The first kappa shape index (κ1) is 17.4. The van der Waals surface area contributed by atoms with Crippen molar-refractivity contribution in [3.63, 3.8) is 0 Å². The summed E-state index contributed by atoms with van der Waals surface area (Å²) in [6.07, 6.45) is 5.58. The fourth-order valence-electron chi connectivity index (χ4n) is 6.08. The number of ether oxygens (including phenoxy) is 1. The summed E-state index contributed by atoms with van der Waals surface area (Å²) in [5.41, 5.74) is 1.13. The van der Waals surface area contributed by atoms with Gasteiger partial charge in [-0.1, -0.05) is 30.3 Å². The van der Waals surface area contributed by atoms with Crippen LogP contribution in [-0.4, -0.2) is 23.7 Å². The van der Waals surface area contributed by atoms with Gasteiger partial charge in [-0.05, 0) is 66.8 Å². The molecule has 2 N–H and O–H groups in total. The highest BCUT2D eigenvalue weighted by Crippen LogP contribution is 2.62. The first-order valence-electron chi connectivity index (χ1n) is 9.69. The van der Waals surface area contributed by atoms with E-state index in [1.807, 2.05) is 30.3 Å². The summed E-state index contributed by atoms with van der Waals surface area (Å²) in [5.74, 6) is 1.40. The minimum Gasteiger partial charge on any atom is -0.481 e. The van der Waals surface area contributed by atoms with Crippen molar-refractivity contribution in [1.29, 1.82) is 0 Å². The molecule has 1 aromatic rings. The zero-order valence-corrected chi connectivity index (χ0v) is 15.0. The lowest BCUT2D eigenvalue weighted by Gasteiger charge is -2.60. The average Bonchev–Trinajstić information content (AvgIpc) is 2.61. The van der Waals surface area contributed by atoms with Crippen molar-refractivity contribution in [2.24, 2.45) is 29.1 Å². The molecule has 0 radical (unpaired) electrons. The van der Waals surface area contributed by atoms with Gasteiger partial charge < -0.3 is 15.2 Å². The Hall–Kier alpha value is -2.04. The Kier molecular flexibility index (Phi) is 4.63. The number of aliphatic carboxylic acids is 1. The van der Waals surface area contributed by atoms with Gasteiger partial charge in [-0.15, -0.1) is 0 Å². The third kappa shape index (κ3) is 3.57. The Bertz CT molecular complexity index is 658. The van der Waals surface area contributed by atoms with Crippen LogP contribution in [0.5, 0.6) is 0 Å². The molecule has 4 fully saturated rings. The van der Waals surface area contributed by atoms with E-state index in [9.17, 15) is 14.7 Å². The molecule has 0 aliphatic heterocycles. The van der Waals surface area contributed by atoms with Crippen LogP contribution < -0.4 is 5.32 Å². The number of hydrogen-bond donors (Lipinski definition) is 2. The van der Waals surface area contributed by atoms with Gasteiger partial charge in [0.05, 0.1) is 0 Å². The molecule has 1 aromatic carbocycles. The molecule has 0 heterocycles. The molecular weight excluding hydrogens is 330 g/mol. The standard InChI is InChI=1S/C21H27NO4/c23-19(24)8-18-16-6-15-7-17(18)11-21(9-15,10-16)13-22-20(25)26-12-14-4-2-1-3-5-14/h1-5,15-18H,6-13H2,(H,22,25)(H,23,24)/t15?,16-,17+,18?,21-. The fourth-order valence-corrected chi connectivity index (χ4v) is 6.08. The van der Waals surface area contributed by atoms with E-state index in [1.165, 1.54) is 19.3 Å². The van der Waals surface area contributed by atoms with Crippen LogP contribution in [0.1, 0.15) is 44.1 Å². The van der Waals surface area contributed by atoms with Gasteiger partial charge in [0.25, 0.3) is 0 Å². The minimum atomic E-state index is -0.667. The monoisotopic (exact) mass is 357 g/mol. The Morgan fingerprint density at radius 3 is 2.46 bits per heavy atom. The van der Waals surface area contributed by atoms with E-state index in [4.69, 9.17) is 4.74 Å². The Morgan fingerprint density at radius 1 is 1.12 bits per heavy atom. The number of amides is 1. The summed E-state index contributed by atoms with van der Waals surface area (Å²) in [6, 6.07) is 9.68. The van der Waals surface area contributed by atoms with Crippen molar-refractivity contribution in [3.05, 3.63) is 35.9 Å². The van der Waals surface area contributed by atoms with Gasteiger partial charge in [0.1, 0.15) is 6.61 Å². The van der Waals surface area contributed by atoms with Gasteiger partial charge >= 0.3 is 12.1 Å². The lowest BCUT2D eigenvalue weighted by molar-refractivity contribution is -0.145. The third-order valence-electron chi connectivity index (χ3n) is 6.83. The molecule has 0 aromatic heterocycles. The molecule has 4 saturated carbocycles. The molecular formula is C21H27NO4. The first-order chi connectivity index (χ1) is 12.5. The number of carboxylic acids is 1. The minimum absolute atomic E-state index is 0.150. The summed E-state index contributed by atoms with van der Waals surface area (Å²) in [5, 5.41) is 12.2. The lowest BCUT2D eigenvalue weighted by atomic mass is 9.46. The average molecular weight is 357 g/mol. The molecule has 5 atom stereocenters. The van der Waals surface area contributed by atoms with Gasteiger partial charge in [-0.3, -0.25) is 4.79 Å². The van der Waals surface area contributed by atoms with Crippen LogP contribution >= 0.6 is 0 Å². The third-order valence-corrected chi connectivity index (χ3v) is 6.83. The second kappa shape index (κ2) is 6.93. The van der Waals surface area contributed by atoms with E-state index in [0.717, 1.165) is 18.4 Å². The van der Waals surface area contributed by atoms with Gasteiger partial charge in [0, 0.05) is 13.0 Å². The topological polar surface area (TPSA) is 75.6 Å². The SMILES string of the molecule is O=C(O)CC1[C@@H]2CC3C[C@H]1C[C@@](CNC(=O)OCc1ccccc1)(C3)C2. The van der Waals surface area contributed by atoms with Gasteiger partial charge in [-0.25, -0.2) is 4.79 Å². The Morgan fingerprint density at radius 2 is 1.81 bits per heavy atom.